The molecule has 2 rings (SSSR count). The molecule has 0 heterocycles. The molecule has 21 heavy (non-hydrogen) atoms. The minimum atomic E-state index is -0.905. The predicted molar refractivity (Wildman–Crippen MR) is 76.7 cm³/mol. The highest BCUT2D eigenvalue weighted by atomic mass is 19.1. The van der Waals surface area contributed by atoms with Crippen molar-refractivity contribution in [3.05, 3.63) is 65.2 Å². The van der Waals surface area contributed by atoms with Crippen molar-refractivity contribution in [3.63, 3.8) is 0 Å². The molecule has 2 aromatic rings. The minimum Gasteiger partial charge on any atom is -0.322 e. The first-order chi connectivity index (χ1) is 10.1. The summed E-state index contributed by atoms with van der Waals surface area (Å²) in [6.07, 6.45) is 0. The van der Waals surface area contributed by atoms with E-state index in [0.29, 0.717) is 11.8 Å². The van der Waals surface area contributed by atoms with Gasteiger partial charge in [-0.1, -0.05) is 11.8 Å². The van der Waals surface area contributed by atoms with Crippen molar-refractivity contribution in [1.29, 1.82) is 0 Å². The van der Waals surface area contributed by atoms with Gasteiger partial charge in [-0.25, -0.2) is 8.78 Å². The molecule has 0 radical (unpaired) electrons. The minimum absolute atomic E-state index is 0.219. The molecule has 0 aromatic heterocycles. The first kappa shape index (κ1) is 14.7. The third-order valence-electron chi connectivity index (χ3n) is 2.65. The highest BCUT2D eigenvalue weighted by Crippen LogP contribution is 2.14. The summed E-state index contributed by atoms with van der Waals surface area (Å²) in [5.74, 6) is 3.27. The van der Waals surface area contributed by atoms with Gasteiger partial charge in [0.05, 0.1) is 12.1 Å². The van der Waals surface area contributed by atoms with Crippen molar-refractivity contribution in [2.75, 3.05) is 11.9 Å². The zero-order chi connectivity index (χ0) is 15.2. The van der Waals surface area contributed by atoms with Crippen molar-refractivity contribution >= 4 is 11.6 Å². The van der Waals surface area contributed by atoms with Crippen LogP contribution in [0.15, 0.2) is 42.5 Å². The quantitative estimate of drug-likeness (QED) is 0.834. The summed E-state index contributed by atoms with van der Waals surface area (Å²) in [5, 5.41) is 2.53. The van der Waals surface area contributed by atoms with Crippen LogP contribution >= 0.6 is 0 Å². The van der Waals surface area contributed by atoms with Crippen LogP contribution < -0.4 is 11.1 Å². The van der Waals surface area contributed by atoms with Gasteiger partial charge in [0.25, 0.3) is 5.91 Å². The molecule has 0 saturated carbocycles. The number of rotatable bonds is 2. The number of carbonyl (C=O) groups is 1. The fraction of sp³-hybridized carbons (Fsp3) is 0.0625. The van der Waals surface area contributed by atoms with Crippen LogP contribution in [0.1, 0.15) is 15.9 Å². The SMILES string of the molecule is NCC#Cc1ccc(NC(=O)c2ccc(F)cc2F)cc1. The van der Waals surface area contributed by atoms with Crippen molar-refractivity contribution in [2.24, 2.45) is 5.73 Å². The number of anilines is 1. The van der Waals surface area contributed by atoms with Gasteiger partial charge in [-0.15, -0.1) is 0 Å². The van der Waals surface area contributed by atoms with E-state index in [0.717, 1.165) is 17.7 Å². The lowest BCUT2D eigenvalue weighted by atomic mass is 10.1. The Kier molecular flexibility index (Phi) is 4.64. The van der Waals surface area contributed by atoms with Gasteiger partial charge >= 0.3 is 0 Å². The molecule has 0 fully saturated rings. The van der Waals surface area contributed by atoms with E-state index in [2.05, 4.69) is 17.2 Å². The topological polar surface area (TPSA) is 55.1 Å². The summed E-state index contributed by atoms with van der Waals surface area (Å²) in [6.45, 7) is 0.266. The summed E-state index contributed by atoms with van der Waals surface area (Å²) in [7, 11) is 0. The van der Waals surface area contributed by atoms with Crippen LogP contribution in [0.25, 0.3) is 0 Å². The molecule has 106 valence electrons. The van der Waals surface area contributed by atoms with E-state index < -0.39 is 17.5 Å². The molecular weight excluding hydrogens is 274 g/mol. The average molecular weight is 286 g/mol. The summed E-state index contributed by atoms with van der Waals surface area (Å²) in [6, 6.07) is 9.49. The Bertz CT molecular complexity index is 715. The van der Waals surface area contributed by atoms with E-state index in [1.165, 1.54) is 0 Å². The first-order valence-electron chi connectivity index (χ1n) is 6.15. The molecule has 0 aliphatic rings. The molecular formula is C16H12F2N2O. The maximum Gasteiger partial charge on any atom is 0.258 e. The third-order valence-corrected chi connectivity index (χ3v) is 2.65. The summed E-state index contributed by atoms with van der Waals surface area (Å²) in [5.41, 5.74) is 6.29. The number of nitrogens with one attached hydrogen (secondary N) is 1. The zero-order valence-electron chi connectivity index (χ0n) is 11.0. The van der Waals surface area contributed by atoms with E-state index in [9.17, 15) is 13.6 Å². The molecule has 2 aromatic carbocycles. The smallest absolute Gasteiger partial charge is 0.258 e. The molecule has 0 atom stereocenters. The van der Waals surface area contributed by atoms with Gasteiger partial charge in [-0.05, 0) is 36.4 Å². The largest absolute Gasteiger partial charge is 0.322 e. The summed E-state index contributed by atoms with van der Waals surface area (Å²) in [4.78, 5) is 11.9. The van der Waals surface area contributed by atoms with Gasteiger partial charge in [0, 0.05) is 17.3 Å². The molecule has 1 amide bonds. The van der Waals surface area contributed by atoms with Crippen LogP contribution in [-0.4, -0.2) is 12.5 Å². The van der Waals surface area contributed by atoms with Gasteiger partial charge in [0.15, 0.2) is 0 Å². The van der Waals surface area contributed by atoms with Gasteiger partial charge in [0.2, 0.25) is 0 Å². The van der Waals surface area contributed by atoms with Crippen LogP contribution in [0.3, 0.4) is 0 Å². The molecule has 0 bridgehead atoms. The van der Waals surface area contributed by atoms with Crippen LogP contribution in [0.5, 0.6) is 0 Å². The summed E-state index contributed by atoms with van der Waals surface area (Å²) < 4.78 is 26.3. The number of halogens is 2. The van der Waals surface area contributed by atoms with Crippen LogP contribution in [0.4, 0.5) is 14.5 Å². The van der Waals surface area contributed by atoms with E-state index >= 15 is 0 Å². The molecule has 5 heteroatoms. The lowest BCUT2D eigenvalue weighted by Crippen LogP contribution is -2.13. The van der Waals surface area contributed by atoms with Gasteiger partial charge in [-0.2, -0.15) is 0 Å². The second kappa shape index (κ2) is 6.64. The van der Waals surface area contributed by atoms with Crippen molar-refractivity contribution in [2.45, 2.75) is 0 Å². The van der Waals surface area contributed by atoms with Crippen LogP contribution in [0, 0.1) is 23.5 Å². The van der Waals surface area contributed by atoms with Crippen molar-refractivity contribution < 1.29 is 13.6 Å². The second-order valence-electron chi connectivity index (χ2n) is 4.16. The Morgan fingerprint density at radius 2 is 1.86 bits per heavy atom. The maximum absolute atomic E-state index is 13.5. The lowest BCUT2D eigenvalue weighted by Gasteiger charge is -2.06. The molecule has 3 N–H and O–H groups in total. The van der Waals surface area contributed by atoms with Crippen LogP contribution in [0.2, 0.25) is 0 Å². The number of nitrogens with two attached hydrogens (primary N) is 1. The standard InChI is InChI=1S/C16H12F2N2O/c17-12-5-8-14(15(18)10-12)16(21)20-13-6-3-11(4-7-13)2-1-9-19/h3-8,10H,9,19H2,(H,20,21). The number of benzene rings is 2. The maximum atomic E-state index is 13.5. The Labute approximate surface area is 120 Å². The number of amides is 1. The number of hydrogen-bond acceptors (Lipinski definition) is 2. The normalized spacial score (nSPS) is 9.67. The average Bonchev–Trinajstić information content (AvgIpc) is 2.46. The van der Waals surface area contributed by atoms with Crippen molar-refractivity contribution in [3.8, 4) is 11.8 Å². The Balaban J connectivity index is 2.12. The molecule has 0 spiro atoms. The first-order valence-corrected chi connectivity index (χ1v) is 6.15. The highest BCUT2D eigenvalue weighted by molar-refractivity contribution is 6.04. The van der Waals surface area contributed by atoms with Crippen molar-refractivity contribution in [1.82, 2.24) is 0 Å². The molecule has 0 aliphatic heterocycles. The Morgan fingerprint density at radius 1 is 1.14 bits per heavy atom. The number of carbonyl (C=O) groups excluding carboxylic acids is 1. The number of hydrogen-bond donors (Lipinski definition) is 2. The van der Waals surface area contributed by atoms with Gasteiger partial charge in [-0.3, -0.25) is 4.79 Å². The highest BCUT2D eigenvalue weighted by Gasteiger charge is 2.12. The molecule has 0 aliphatic carbocycles. The Hall–Kier alpha value is -2.71. The lowest BCUT2D eigenvalue weighted by molar-refractivity contribution is 0.102. The fourth-order valence-electron chi connectivity index (χ4n) is 1.66. The van der Waals surface area contributed by atoms with E-state index in [1.807, 2.05) is 0 Å². The summed E-state index contributed by atoms with van der Waals surface area (Å²) >= 11 is 0. The fourth-order valence-corrected chi connectivity index (χ4v) is 1.66. The molecule has 3 nitrogen and oxygen atoms in total. The molecule has 0 unspecified atom stereocenters. The Morgan fingerprint density at radius 3 is 2.48 bits per heavy atom. The van der Waals surface area contributed by atoms with E-state index in [4.69, 9.17) is 5.73 Å². The van der Waals surface area contributed by atoms with Crippen LogP contribution in [-0.2, 0) is 0 Å². The molecule has 0 saturated heterocycles. The van der Waals surface area contributed by atoms with E-state index in [-0.39, 0.29) is 12.1 Å². The predicted octanol–water partition coefficient (Wildman–Crippen LogP) is 2.53. The zero-order valence-corrected chi connectivity index (χ0v) is 11.0. The second-order valence-corrected chi connectivity index (χ2v) is 4.16. The van der Waals surface area contributed by atoms with Gasteiger partial charge in [0.1, 0.15) is 11.6 Å². The van der Waals surface area contributed by atoms with Gasteiger partial charge < -0.3 is 11.1 Å². The monoisotopic (exact) mass is 286 g/mol. The van der Waals surface area contributed by atoms with E-state index in [1.54, 1.807) is 24.3 Å². The third kappa shape index (κ3) is 3.88.